The van der Waals surface area contributed by atoms with Crippen molar-refractivity contribution in [3.63, 3.8) is 0 Å². The van der Waals surface area contributed by atoms with Crippen LogP contribution >= 0.6 is 0 Å². The van der Waals surface area contributed by atoms with Crippen LogP contribution in [0.2, 0.25) is 0 Å². The van der Waals surface area contributed by atoms with E-state index in [1.165, 1.54) is 5.56 Å². The van der Waals surface area contributed by atoms with Gasteiger partial charge in [0.1, 0.15) is 5.75 Å². The number of carbonyl (C=O) groups is 2. The Morgan fingerprint density at radius 3 is 2.28 bits per heavy atom. The molecule has 1 fully saturated rings. The van der Waals surface area contributed by atoms with Crippen LogP contribution in [-0.2, 0) is 22.5 Å². The molecule has 1 aliphatic rings. The number of nitrogens with one attached hydrogen (secondary N) is 1. The zero-order valence-electron chi connectivity index (χ0n) is 20.9. The van der Waals surface area contributed by atoms with Gasteiger partial charge in [0.15, 0.2) is 0 Å². The van der Waals surface area contributed by atoms with E-state index in [1.54, 1.807) is 26.2 Å². The number of ether oxygens (including phenoxy) is 2. The Labute approximate surface area is 212 Å². The number of nitrogens with zero attached hydrogens (tertiary/aromatic N) is 2. The van der Waals surface area contributed by atoms with Gasteiger partial charge in [0.25, 0.3) is 0 Å². The fourth-order valence-corrected chi connectivity index (χ4v) is 4.37. The van der Waals surface area contributed by atoms with Crippen molar-refractivity contribution in [1.29, 1.82) is 0 Å². The van der Waals surface area contributed by atoms with Crippen LogP contribution in [0.4, 0.5) is 11.4 Å². The molecule has 0 aromatic heterocycles. The van der Waals surface area contributed by atoms with E-state index >= 15 is 0 Å². The molecule has 188 valence electrons. The molecule has 36 heavy (non-hydrogen) atoms. The number of anilines is 2. The highest BCUT2D eigenvalue weighted by molar-refractivity contribution is 5.99. The normalized spacial score (nSPS) is 13.8. The van der Waals surface area contributed by atoms with Gasteiger partial charge in [0.2, 0.25) is 5.91 Å². The van der Waals surface area contributed by atoms with Crippen LogP contribution in [0, 0.1) is 0 Å². The number of methoxy groups -OCH3 is 1. The number of esters is 1. The first-order valence-electron chi connectivity index (χ1n) is 12.3. The van der Waals surface area contributed by atoms with Crippen molar-refractivity contribution in [2.75, 3.05) is 50.1 Å². The zero-order chi connectivity index (χ0) is 25.3. The van der Waals surface area contributed by atoms with Crippen LogP contribution in [0.15, 0.2) is 72.8 Å². The van der Waals surface area contributed by atoms with Crippen LogP contribution in [-0.4, -0.2) is 56.7 Å². The monoisotopic (exact) mass is 487 g/mol. The molecule has 1 heterocycles. The van der Waals surface area contributed by atoms with Crippen molar-refractivity contribution in [2.24, 2.45) is 0 Å². The molecule has 0 spiro atoms. The highest BCUT2D eigenvalue weighted by Gasteiger charge is 2.22. The fraction of sp³-hybridized carbons (Fsp3) is 0.310. The van der Waals surface area contributed by atoms with Crippen molar-refractivity contribution in [3.8, 4) is 5.75 Å². The summed E-state index contributed by atoms with van der Waals surface area (Å²) in [5.41, 5.74) is 4.13. The first-order valence-corrected chi connectivity index (χ1v) is 12.3. The van der Waals surface area contributed by atoms with E-state index in [0.717, 1.165) is 49.7 Å². The lowest BCUT2D eigenvalue weighted by Crippen LogP contribution is -2.46. The second kappa shape index (κ2) is 12.2. The maximum atomic E-state index is 12.9. The van der Waals surface area contributed by atoms with Gasteiger partial charge >= 0.3 is 5.97 Å². The highest BCUT2D eigenvalue weighted by Crippen LogP contribution is 2.29. The molecule has 0 atom stereocenters. The standard InChI is InChI=1S/C29H33N3O4/c1-3-36-29(34)24-11-14-27(32-17-15-31(16-18-32)21-23-7-5-4-6-8-23)26(20-24)30-28(33)19-22-9-12-25(35-2)13-10-22/h4-14,20H,3,15-19,21H2,1-2H3,(H,30,33). The maximum absolute atomic E-state index is 12.9. The SMILES string of the molecule is CCOC(=O)c1ccc(N2CCN(Cc3ccccc3)CC2)c(NC(=O)Cc2ccc(OC)cc2)c1. The van der Waals surface area contributed by atoms with E-state index < -0.39 is 5.97 Å². The molecule has 0 bridgehead atoms. The third-order valence-corrected chi connectivity index (χ3v) is 6.27. The summed E-state index contributed by atoms with van der Waals surface area (Å²) in [4.78, 5) is 30.0. The van der Waals surface area contributed by atoms with Crippen molar-refractivity contribution in [2.45, 2.75) is 19.9 Å². The molecule has 4 rings (SSSR count). The summed E-state index contributed by atoms with van der Waals surface area (Å²) in [5, 5.41) is 3.04. The number of piperazine rings is 1. The van der Waals surface area contributed by atoms with Crippen molar-refractivity contribution >= 4 is 23.3 Å². The Kier molecular flexibility index (Phi) is 8.57. The molecule has 0 aliphatic carbocycles. The van der Waals surface area contributed by atoms with Crippen LogP contribution in [0.25, 0.3) is 0 Å². The summed E-state index contributed by atoms with van der Waals surface area (Å²) in [6.45, 7) is 6.46. The van der Waals surface area contributed by atoms with E-state index in [0.29, 0.717) is 17.9 Å². The summed E-state index contributed by atoms with van der Waals surface area (Å²) in [7, 11) is 1.61. The zero-order valence-corrected chi connectivity index (χ0v) is 20.9. The van der Waals surface area contributed by atoms with Crippen molar-refractivity contribution in [1.82, 2.24) is 4.90 Å². The maximum Gasteiger partial charge on any atom is 0.338 e. The van der Waals surface area contributed by atoms with Crippen LogP contribution < -0.4 is 15.0 Å². The molecule has 0 unspecified atom stereocenters. The second-order valence-corrected chi connectivity index (χ2v) is 8.77. The van der Waals surface area contributed by atoms with Gasteiger partial charge in [0, 0.05) is 32.7 Å². The molecule has 1 saturated heterocycles. The minimum Gasteiger partial charge on any atom is -0.497 e. The topological polar surface area (TPSA) is 71.1 Å². The quantitative estimate of drug-likeness (QED) is 0.452. The number of rotatable bonds is 9. The van der Waals surface area contributed by atoms with Gasteiger partial charge in [-0.05, 0) is 48.4 Å². The Balaban J connectivity index is 1.47. The predicted molar refractivity (Wildman–Crippen MR) is 142 cm³/mol. The smallest absolute Gasteiger partial charge is 0.338 e. The predicted octanol–water partition coefficient (Wildman–Crippen LogP) is 4.38. The molecular weight excluding hydrogens is 454 g/mol. The van der Waals surface area contributed by atoms with E-state index in [-0.39, 0.29) is 12.3 Å². The van der Waals surface area contributed by atoms with E-state index in [1.807, 2.05) is 36.4 Å². The molecule has 1 aliphatic heterocycles. The number of amides is 1. The third kappa shape index (κ3) is 6.64. The fourth-order valence-electron chi connectivity index (χ4n) is 4.37. The van der Waals surface area contributed by atoms with Crippen molar-refractivity contribution in [3.05, 3.63) is 89.5 Å². The largest absolute Gasteiger partial charge is 0.497 e. The number of carbonyl (C=O) groups excluding carboxylic acids is 2. The number of hydrogen-bond donors (Lipinski definition) is 1. The lowest BCUT2D eigenvalue weighted by atomic mass is 10.1. The Morgan fingerprint density at radius 1 is 0.889 bits per heavy atom. The van der Waals surface area contributed by atoms with E-state index in [4.69, 9.17) is 9.47 Å². The minimum absolute atomic E-state index is 0.148. The van der Waals surface area contributed by atoms with Gasteiger partial charge in [-0.15, -0.1) is 0 Å². The lowest BCUT2D eigenvalue weighted by molar-refractivity contribution is -0.115. The van der Waals surface area contributed by atoms with Crippen molar-refractivity contribution < 1.29 is 19.1 Å². The first-order chi connectivity index (χ1) is 17.6. The average Bonchev–Trinajstić information content (AvgIpc) is 2.90. The summed E-state index contributed by atoms with van der Waals surface area (Å²) in [6.07, 6.45) is 0.220. The van der Waals surface area contributed by atoms with Gasteiger partial charge in [-0.25, -0.2) is 4.79 Å². The van der Waals surface area contributed by atoms with Crippen LogP contribution in [0.5, 0.6) is 5.75 Å². The van der Waals surface area contributed by atoms with Crippen LogP contribution in [0.3, 0.4) is 0 Å². The Bertz CT molecular complexity index is 1160. The molecular formula is C29H33N3O4. The Morgan fingerprint density at radius 2 is 1.61 bits per heavy atom. The Hall–Kier alpha value is -3.84. The van der Waals surface area contributed by atoms with Gasteiger partial charge < -0.3 is 19.7 Å². The third-order valence-electron chi connectivity index (χ3n) is 6.27. The second-order valence-electron chi connectivity index (χ2n) is 8.77. The number of hydrogen-bond acceptors (Lipinski definition) is 6. The minimum atomic E-state index is -0.401. The molecule has 7 nitrogen and oxygen atoms in total. The summed E-state index contributed by atoms with van der Waals surface area (Å²) < 4.78 is 10.4. The van der Waals surface area contributed by atoms with Gasteiger partial charge in [-0.3, -0.25) is 9.69 Å². The van der Waals surface area contributed by atoms with Gasteiger partial charge in [0.05, 0.1) is 37.1 Å². The van der Waals surface area contributed by atoms with E-state index in [2.05, 4.69) is 39.4 Å². The van der Waals surface area contributed by atoms with E-state index in [9.17, 15) is 9.59 Å². The summed E-state index contributed by atoms with van der Waals surface area (Å²) in [6, 6.07) is 23.3. The number of benzene rings is 3. The molecule has 7 heteroatoms. The molecule has 3 aromatic rings. The molecule has 0 saturated carbocycles. The lowest BCUT2D eigenvalue weighted by Gasteiger charge is -2.37. The molecule has 3 aromatic carbocycles. The molecule has 0 radical (unpaired) electrons. The van der Waals surface area contributed by atoms with Gasteiger partial charge in [-0.2, -0.15) is 0 Å². The van der Waals surface area contributed by atoms with Crippen LogP contribution in [0.1, 0.15) is 28.4 Å². The molecule has 1 N–H and O–H groups in total. The molecule has 1 amide bonds. The summed E-state index contributed by atoms with van der Waals surface area (Å²) >= 11 is 0. The first kappa shape index (κ1) is 25.3. The summed E-state index contributed by atoms with van der Waals surface area (Å²) in [5.74, 6) is 0.197. The highest BCUT2D eigenvalue weighted by atomic mass is 16.5. The average molecular weight is 488 g/mol. The van der Waals surface area contributed by atoms with Gasteiger partial charge in [-0.1, -0.05) is 42.5 Å².